The van der Waals surface area contributed by atoms with E-state index >= 15 is 0 Å². The van der Waals surface area contributed by atoms with Crippen LogP contribution in [0.1, 0.15) is 25.3 Å². The van der Waals surface area contributed by atoms with Crippen LogP contribution in [0, 0.1) is 0 Å². The minimum atomic E-state index is 0.405. The molecule has 0 aromatic carbocycles. The zero-order valence-corrected chi connectivity index (χ0v) is 8.59. The van der Waals surface area contributed by atoms with Crippen LogP contribution >= 0.6 is 15.9 Å². The Kier molecular flexibility index (Phi) is 2.99. The molecule has 12 heavy (non-hydrogen) atoms. The highest BCUT2D eigenvalue weighted by Gasteiger charge is 2.07. The molecule has 0 aliphatic carbocycles. The number of nitrogen functional groups attached to an aromatic ring is 1. The number of hydrazine groups is 1. The van der Waals surface area contributed by atoms with Crippen molar-refractivity contribution in [3.05, 3.63) is 16.2 Å². The molecule has 66 valence electrons. The quantitative estimate of drug-likeness (QED) is 0.600. The Morgan fingerprint density at radius 3 is 2.67 bits per heavy atom. The molecule has 0 aliphatic heterocycles. The predicted molar refractivity (Wildman–Crippen MR) is 51.6 cm³/mol. The fraction of sp³-hybridized carbons (Fsp3) is 0.429. The highest BCUT2D eigenvalue weighted by molar-refractivity contribution is 9.10. The maximum absolute atomic E-state index is 5.20. The number of rotatable bonds is 2. The van der Waals surface area contributed by atoms with Crippen LogP contribution in [-0.4, -0.2) is 10.2 Å². The Hall–Kier alpha value is -0.680. The molecule has 0 aliphatic rings. The second-order valence-corrected chi connectivity index (χ2v) is 3.53. The van der Waals surface area contributed by atoms with Gasteiger partial charge < -0.3 is 5.43 Å². The maximum atomic E-state index is 5.20. The Morgan fingerprint density at radius 2 is 2.17 bits per heavy atom. The van der Waals surface area contributed by atoms with Crippen molar-refractivity contribution < 1.29 is 0 Å². The first-order valence-corrected chi connectivity index (χ1v) is 4.44. The average molecular weight is 231 g/mol. The predicted octanol–water partition coefficient (Wildman–Crippen LogP) is 1.65. The molecular formula is C7H11BrN4. The van der Waals surface area contributed by atoms with Gasteiger partial charge in [-0.15, -0.1) is 10.2 Å². The smallest absolute Gasteiger partial charge is 0.162 e. The first kappa shape index (κ1) is 9.41. The molecule has 1 aromatic rings. The van der Waals surface area contributed by atoms with Crippen molar-refractivity contribution in [3.63, 3.8) is 0 Å². The molecule has 5 heteroatoms. The van der Waals surface area contributed by atoms with Crippen LogP contribution in [0.3, 0.4) is 0 Å². The molecule has 1 rings (SSSR count). The van der Waals surface area contributed by atoms with E-state index in [4.69, 9.17) is 5.84 Å². The molecule has 0 bridgehead atoms. The lowest BCUT2D eigenvalue weighted by molar-refractivity contribution is 0.828. The van der Waals surface area contributed by atoms with E-state index < -0.39 is 0 Å². The van der Waals surface area contributed by atoms with E-state index in [-0.39, 0.29) is 0 Å². The lowest BCUT2D eigenvalue weighted by Gasteiger charge is -2.07. The van der Waals surface area contributed by atoms with Crippen molar-refractivity contribution in [2.75, 3.05) is 5.43 Å². The summed E-state index contributed by atoms with van der Waals surface area (Å²) in [5.74, 6) is 6.19. The van der Waals surface area contributed by atoms with E-state index in [2.05, 4.69) is 45.4 Å². The Labute approximate surface area is 79.7 Å². The number of nitrogens with zero attached hydrogens (tertiary/aromatic N) is 2. The Bertz CT molecular complexity index is 274. The van der Waals surface area contributed by atoms with Gasteiger partial charge in [0.05, 0.1) is 0 Å². The summed E-state index contributed by atoms with van der Waals surface area (Å²) < 4.78 is 0.775. The van der Waals surface area contributed by atoms with Gasteiger partial charge in [0, 0.05) is 0 Å². The summed E-state index contributed by atoms with van der Waals surface area (Å²) in [6.45, 7) is 4.17. The fourth-order valence-electron chi connectivity index (χ4n) is 0.867. The molecule has 0 amide bonds. The van der Waals surface area contributed by atoms with Crippen LogP contribution < -0.4 is 11.3 Å². The second kappa shape index (κ2) is 3.82. The number of halogens is 1. The first-order valence-electron chi connectivity index (χ1n) is 3.65. The molecule has 1 aromatic heterocycles. The number of aromatic nitrogens is 2. The van der Waals surface area contributed by atoms with Crippen molar-refractivity contribution in [2.24, 2.45) is 5.84 Å². The zero-order valence-electron chi connectivity index (χ0n) is 7.00. The molecular weight excluding hydrogens is 220 g/mol. The number of hydrogen-bond donors (Lipinski definition) is 2. The third-order valence-corrected chi connectivity index (χ3v) is 2.16. The summed E-state index contributed by atoms with van der Waals surface area (Å²) >= 11 is 3.32. The van der Waals surface area contributed by atoms with Crippen molar-refractivity contribution in [3.8, 4) is 0 Å². The molecule has 0 unspecified atom stereocenters. The Balaban J connectivity index is 3.08. The van der Waals surface area contributed by atoms with E-state index in [1.54, 1.807) is 0 Å². The fourth-order valence-corrected chi connectivity index (χ4v) is 1.52. The summed E-state index contributed by atoms with van der Waals surface area (Å²) in [6, 6.07) is 1.88. The molecule has 0 saturated carbocycles. The van der Waals surface area contributed by atoms with Crippen LogP contribution in [0.15, 0.2) is 10.7 Å². The molecule has 0 radical (unpaired) electrons. The van der Waals surface area contributed by atoms with Crippen LogP contribution in [0.4, 0.5) is 5.82 Å². The van der Waals surface area contributed by atoms with Gasteiger partial charge in [0.2, 0.25) is 0 Å². The van der Waals surface area contributed by atoms with Crippen LogP contribution in [0.25, 0.3) is 0 Å². The van der Waals surface area contributed by atoms with E-state index in [0.29, 0.717) is 11.7 Å². The van der Waals surface area contributed by atoms with Gasteiger partial charge in [-0.25, -0.2) is 5.84 Å². The molecule has 0 fully saturated rings. The third-order valence-electron chi connectivity index (χ3n) is 1.55. The Morgan fingerprint density at radius 1 is 1.50 bits per heavy atom. The highest BCUT2D eigenvalue weighted by Crippen LogP contribution is 2.23. The summed E-state index contributed by atoms with van der Waals surface area (Å²) in [7, 11) is 0. The largest absolute Gasteiger partial charge is 0.307 e. The summed E-state index contributed by atoms with van der Waals surface area (Å²) in [4.78, 5) is 0. The summed E-state index contributed by atoms with van der Waals surface area (Å²) in [5, 5.41) is 7.70. The molecule has 1 heterocycles. The molecule has 3 N–H and O–H groups in total. The molecule has 0 spiro atoms. The lowest BCUT2D eigenvalue weighted by Crippen LogP contribution is -2.10. The van der Waals surface area contributed by atoms with Crippen LogP contribution in [-0.2, 0) is 0 Å². The monoisotopic (exact) mass is 230 g/mol. The lowest BCUT2D eigenvalue weighted by atomic mass is 10.1. The van der Waals surface area contributed by atoms with Gasteiger partial charge in [0.15, 0.2) is 5.82 Å². The third kappa shape index (κ3) is 1.92. The topological polar surface area (TPSA) is 63.8 Å². The first-order chi connectivity index (χ1) is 5.65. The van der Waals surface area contributed by atoms with Crippen molar-refractivity contribution in [1.29, 1.82) is 0 Å². The average Bonchev–Trinajstić information content (AvgIpc) is 2.05. The minimum absolute atomic E-state index is 0.405. The highest BCUT2D eigenvalue weighted by atomic mass is 79.9. The molecule has 0 saturated heterocycles. The zero-order chi connectivity index (χ0) is 9.14. The molecule has 4 nitrogen and oxygen atoms in total. The SMILES string of the molecule is CC(C)c1cc(NN)nnc1Br. The number of anilines is 1. The summed E-state index contributed by atoms with van der Waals surface area (Å²) in [6.07, 6.45) is 0. The van der Waals surface area contributed by atoms with Gasteiger partial charge in [-0.3, -0.25) is 0 Å². The van der Waals surface area contributed by atoms with Gasteiger partial charge in [0.25, 0.3) is 0 Å². The van der Waals surface area contributed by atoms with Gasteiger partial charge in [-0.05, 0) is 33.5 Å². The van der Waals surface area contributed by atoms with E-state index in [1.807, 2.05) is 6.07 Å². The van der Waals surface area contributed by atoms with E-state index in [9.17, 15) is 0 Å². The van der Waals surface area contributed by atoms with Crippen molar-refractivity contribution >= 4 is 21.7 Å². The van der Waals surface area contributed by atoms with Gasteiger partial charge in [-0.2, -0.15) is 0 Å². The minimum Gasteiger partial charge on any atom is -0.307 e. The summed E-state index contributed by atoms with van der Waals surface area (Å²) in [5.41, 5.74) is 3.55. The standard InChI is InChI=1S/C7H11BrN4/c1-4(2)5-3-6(10-9)11-12-7(5)8/h3-4H,9H2,1-2H3,(H,10,11). The van der Waals surface area contributed by atoms with Gasteiger partial charge in [0.1, 0.15) is 4.60 Å². The van der Waals surface area contributed by atoms with Crippen LogP contribution in [0.2, 0.25) is 0 Å². The van der Waals surface area contributed by atoms with E-state index in [0.717, 1.165) is 10.2 Å². The van der Waals surface area contributed by atoms with Gasteiger partial charge >= 0.3 is 0 Å². The maximum Gasteiger partial charge on any atom is 0.162 e. The second-order valence-electron chi connectivity index (χ2n) is 2.77. The number of nitrogens with one attached hydrogen (secondary N) is 1. The number of hydrogen-bond acceptors (Lipinski definition) is 4. The normalized spacial score (nSPS) is 10.4. The van der Waals surface area contributed by atoms with E-state index in [1.165, 1.54) is 0 Å². The van der Waals surface area contributed by atoms with Gasteiger partial charge in [-0.1, -0.05) is 13.8 Å². The van der Waals surface area contributed by atoms with Crippen molar-refractivity contribution in [1.82, 2.24) is 10.2 Å². The molecule has 0 atom stereocenters. The number of nitrogens with two attached hydrogens (primary N) is 1. The van der Waals surface area contributed by atoms with Crippen LogP contribution in [0.5, 0.6) is 0 Å². The van der Waals surface area contributed by atoms with Crippen molar-refractivity contribution in [2.45, 2.75) is 19.8 Å².